The van der Waals surface area contributed by atoms with Crippen LogP contribution in [0.2, 0.25) is 5.15 Å². The lowest BCUT2D eigenvalue weighted by atomic mass is 10.1. The molecule has 19 heavy (non-hydrogen) atoms. The predicted molar refractivity (Wildman–Crippen MR) is 78.3 cm³/mol. The van der Waals surface area contributed by atoms with E-state index in [2.05, 4.69) is 17.8 Å². The smallest absolute Gasteiger partial charge is 0.254 e. The van der Waals surface area contributed by atoms with Gasteiger partial charge in [0.1, 0.15) is 5.15 Å². The van der Waals surface area contributed by atoms with Crippen LogP contribution in [0.1, 0.15) is 42.7 Å². The zero-order valence-electron chi connectivity index (χ0n) is 11.4. The maximum atomic E-state index is 12.4. The van der Waals surface area contributed by atoms with E-state index in [1.165, 1.54) is 0 Å². The SMILES string of the molecule is C#CCN(CCC)C(=O)c1cc(Cl)nc(CCC)c1. The summed E-state index contributed by atoms with van der Waals surface area (Å²) < 4.78 is 0. The number of hydrogen-bond acceptors (Lipinski definition) is 2. The summed E-state index contributed by atoms with van der Waals surface area (Å²) in [5.41, 5.74) is 1.41. The van der Waals surface area contributed by atoms with Crippen molar-refractivity contribution in [2.75, 3.05) is 13.1 Å². The van der Waals surface area contributed by atoms with Crippen LogP contribution in [-0.4, -0.2) is 28.9 Å². The number of terminal acetylenes is 1. The van der Waals surface area contributed by atoms with Gasteiger partial charge in [-0.2, -0.15) is 0 Å². The lowest BCUT2D eigenvalue weighted by Crippen LogP contribution is -2.32. The first-order valence-electron chi connectivity index (χ1n) is 6.51. The molecule has 0 aliphatic heterocycles. The third-order valence-electron chi connectivity index (χ3n) is 2.66. The molecule has 1 amide bonds. The van der Waals surface area contributed by atoms with Gasteiger partial charge in [0.25, 0.3) is 5.91 Å². The van der Waals surface area contributed by atoms with E-state index in [0.29, 0.717) is 23.8 Å². The highest BCUT2D eigenvalue weighted by molar-refractivity contribution is 6.29. The van der Waals surface area contributed by atoms with E-state index in [0.717, 1.165) is 25.0 Å². The minimum Gasteiger partial charge on any atom is -0.328 e. The Kier molecular flexibility index (Phi) is 6.38. The molecule has 0 fully saturated rings. The molecule has 0 aliphatic carbocycles. The van der Waals surface area contributed by atoms with Crippen molar-refractivity contribution >= 4 is 17.5 Å². The molecule has 0 saturated heterocycles. The van der Waals surface area contributed by atoms with E-state index >= 15 is 0 Å². The van der Waals surface area contributed by atoms with Gasteiger partial charge in [-0.3, -0.25) is 4.79 Å². The minimum atomic E-state index is -0.0820. The van der Waals surface area contributed by atoms with Crippen molar-refractivity contribution in [3.05, 3.63) is 28.5 Å². The van der Waals surface area contributed by atoms with Gasteiger partial charge in [0.15, 0.2) is 0 Å². The maximum absolute atomic E-state index is 12.4. The van der Waals surface area contributed by atoms with Crippen LogP contribution >= 0.6 is 11.6 Å². The van der Waals surface area contributed by atoms with E-state index in [1.54, 1.807) is 17.0 Å². The molecular weight excluding hydrogens is 260 g/mol. The van der Waals surface area contributed by atoms with Gasteiger partial charge in [0.2, 0.25) is 0 Å². The van der Waals surface area contributed by atoms with Crippen molar-refractivity contribution in [3.8, 4) is 12.3 Å². The van der Waals surface area contributed by atoms with Crippen LogP contribution in [0.5, 0.6) is 0 Å². The van der Waals surface area contributed by atoms with Gasteiger partial charge in [0.05, 0.1) is 6.54 Å². The van der Waals surface area contributed by atoms with Crippen molar-refractivity contribution in [3.63, 3.8) is 0 Å². The summed E-state index contributed by atoms with van der Waals surface area (Å²) in [5.74, 6) is 2.43. The summed E-state index contributed by atoms with van der Waals surface area (Å²) in [6.07, 6.45) is 7.94. The van der Waals surface area contributed by atoms with Crippen LogP contribution in [0.15, 0.2) is 12.1 Å². The average Bonchev–Trinajstić information content (AvgIpc) is 2.37. The lowest BCUT2D eigenvalue weighted by Gasteiger charge is -2.19. The van der Waals surface area contributed by atoms with E-state index in [1.807, 2.05) is 6.92 Å². The Morgan fingerprint density at radius 3 is 2.74 bits per heavy atom. The zero-order valence-corrected chi connectivity index (χ0v) is 12.2. The number of aromatic nitrogens is 1. The molecule has 0 saturated carbocycles. The molecular formula is C15H19ClN2O. The topological polar surface area (TPSA) is 33.2 Å². The Bertz CT molecular complexity index is 480. The molecule has 1 aromatic rings. The molecule has 0 N–H and O–H groups in total. The van der Waals surface area contributed by atoms with Crippen molar-refractivity contribution in [2.24, 2.45) is 0 Å². The Morgan fingerprint density at radius 1 is 1.42 bits per heavy atom. The third-order valence-corrected chi connectivity index (χ3v) is 2.86. The number of carbonyl (C=O) groups excluding carboxylic acids is 1. The molecule has 0 unspecified atom stereocenters. The number of nitrogens with zero attached hydrogens (tertiary/aromatic N) is 2. The summed E-state index contributed by atoms with van der Waals surface area (Å²) in [7, 11) is 0. The second kappa shape index (κ2) is 7.81. The maximum Gasteiger partial charge on any atom is 0.254 e. The van der Waals surface area contributed by atoms with E-state index in [9.17, 15) is 4.79 Å². The number of pyridine rings is 1. The fraction of sp³-hybridized carbons (Fsp3) is 0.467. The first-order chi connectivity index (χ1) is 9.12. The van der Waals surface area contributed by atoms with Gasteiger partial charge in [0, 0.05) is 17.8 Å². The second-order valence-corrected chi connectivity index (χ2v) is 4.74. The van der Waals surface area contributed by atoms with Crippen LogP contribution in [0.4, 0.5) is 0 Å². The Labute approximate surface area is 120 Å². The lowest BCUT2D eigenvalue weighted by molar-refractivity contribution is 0.0776. The zero-order chi connectivity index (χ0) is 14.3. The standard InChI is InChI=1S/C15H19ClN2O/c1-4-7-13-10-12(11-14(16)17-13)15(19)18(8-5-2)9-6-3/h2,10-11H,4,6-9H2,1,3H3. The highest BCUT2D eigenvalue weighted by Gasteiger charge is 2.15. The first kappa shape index (κ1) is 15.5. The number of carbonyl (C=O) groups is 1. The Balaban J connectivity index is 2.99. The Morgan fingerprint density at radius 2 is 2.16 bits per heavy atom. The molecule has 1 heterocycles. The number of hydrogen-bond donors (Lipinski definition) is 0. The van der Waals surface area contributed by atoms with Crippen molar-refractivity contribution in [1.29, 1.82) is 0 Å². The van der Waals surface area contributed by atoms with E-state index in [-0.39, 0.29) is 5.91 Å². The first-order valence-corrected chi connectivity index (χ1v) is 6.89. The molecule has 0 bridgehead atoms. The molecule has 102 valence electrons. The van der Waals surface area contributed by atoms with Crippen LogP contribution in [0.25, 0.3) is 0 Å². The van der Waals surface area contributed by atoms with Crippen LogP contribution in [0.3, 0.4) is 0 Å². The monoisotopic (exact) mass is 278 g/mol. The Hall–Kier alpha value is -1.53. The van der Waals surface area contributed by atoms with Gasteiger partial charge in [-0.05, 0) is 25.0 Å². The van der Waals surface area contributed by atoms with Crippen LogP contribution in [-0.2, 0) is 6.42 Å². The fourth-order valence-electron chi connectivity index (χ4n) is 1.87. The summed E-state index contributed by atoms with van der Waals surface area (Å²) in [6, 6.07) is 3.40. The molecule has 0 atom stereocenters. The van der Waals surface area contributed by atoms with Crippen molar-refractivity contribution in [2.45, 2.75) is 33.1 Å². The normalized spacial score (nSPS) is 10.0. The fourth-order valence-corrected chi connectivity index (χ4v) is 2.10. The van der Waals surface area contributed by atoms with E-state index < -0.39 is 0 Å². The van der Waals surface area contributed by atoms with Crippen LogP contribution < -0.4 is 0 Å². The molecule has 0 radical (unpaired) electrons. The summed E-state index contributed by atoms with van der Waals surface area (Å²) in [4.78, 5) is 18.2. The summed E-state index contributed by atoms with van der Waals surface area (Å²) in [6.45, 7) is 5.03. The molecule has 0 aliphatic rings. The quantitative estimate of drug-likeness (QED) is 0.591. The molecule has 0 aromatic carbocycles. The molecule has 4 heteroatoms. The van der Waals surface area contributed by atoms with Crippen molar-refractivity contribution in [1.82, 2.24) is 9.88 Å². The number of rotatable bonds is 6. The molecule has 3 nitrogen and oxygen atoms in total. The molecule has 1 rings (SSSR count). The van der Waals surface area contributed by atoms with Gasteiger partial charge < -0.3 is 4.90 Å². The van der Waals surface area contributed by atoms with E-state index in [4.69, 9.17) is 18.0 Å². The second-order valence-electron chi connectivity index (χ2n) is 4.35. The van der Waals surface area contributed by atoms with Crippen LogP contribution in [0, 0.1) is 12.3 Å². The predicted octanol–water partition coefficient (Wildman–Crippen LogP) is 3.17. The van der Waals surface area contributed by atoms with Gasteiger partial charge in [-0.25, -0.2) is 4.98 Å². The highest BCUT2D eigenvalue weighted by atomic mass is 35.5. The number of amides is 1. The average molecular weight is 279 g/mol. The van der Waals surface area contributed by atoms with Gasteiger partial charge >= 0.3 is 0 Å². The molecule has 0 spiro atoms. The summed E-state index contributed by atoms with van der Waals surface area (Å²) in [5, 5.41) is 0.353. The largest absolute Gasteiger partial charge is 0.328 e. The summed E-state index contributed by atoms with van der Waals surface area (Å²) >= 11 is 5.97. The van der Waals surface area contributed by atoms with Gasteiger partial charge in [-0.15, -0.1) is 6.42 Å². The number of aryl methyl sites for hydroxylation is 1. The number of halogens is 1. The third kappa shape index (κ3) is 4.57. The minimum absolute atomic E-state index is 0.0820. The highest BCUT2D eigenvalue weighted by Crippen LogP contribution is 2.14. The van der Waals surface area contributed by atoms with Crippen molar-refractivity contribution < 1.29 is 4.79 Å². The van der Waals surface area contributed by atoms with Gasteiger partial charge in [-0.1, -0.05) is 37.8 Å². The molecule has 1 aromatic heterocycles.